The normalized spacial score (nSPS) is 18.4. The van der Waals surface area contributed by atoms with Gasteiger partial charge < -0.3 is 18.9 Å². The molecule has 2 saturated heterocycles. The first-order valence-electron chi connectivity index (χ1n) is 10.9. The molecule has 6 heteroatoms. The van der Waals surface area contributed by atoms with Gasteiger partial charge in [-0.25, -0.2) is 0 Å². The molecule has 2 aliphatic rings. The summed E-state index contributed by atoms with van der Waals surface area (Å²) in [5, 5.41) is 0. The van der Waals surface area contributed by atoms with Crippen molar-refractivity contribution in [2.24, 2.45) is 0 Å². The molecule has 6 nitrogen and oxygen atoms in total. The molecule has 0 aromatic heterocycles. The van der Waals surface area contributed by atoms with Gasteiger partial charge in [0.2, 0.25) is 0 Å². The Morgan fingerprint density at radius 3 is 1.67 bits per heavy atom. The van der Waals surface area contributed by atoms with Gasteiger partial charge in [0, 0.05) is 53.0 Å². The predicted octanol–water partition coefficient (Wildman–Crippen LogP) is 2.91. The largest absolute Gasteiger partial charge is 0.385 e. The number of methoxy groups -OCH3 is 1. The molecular formula is C21H46N2O4. The Morgan fingerprint density at radius 2 is 1.22 bits per heavy atom. The Morgan fingerprint density at radius 1 is 0.741 bits per heavy atom. The minimum absolute atomic E-state index is 0.365. The highest BCUT2D eigenvalue weighted by Gasteiger charge is 2.09. The lowest BCUT2D eigenvalue weighted by molar-refractivity contribution is 0.0266. The topological polar surface area (TPSA) is 43.4 Å². The van der Waals surface area contributed by atoms with Crippen LogP contribution in [0.2, 0.25) is 0 Å². The Hall–Kier alpha value is -0.240. The number of hydrogen-bond donors (Lipinski definition) is 0. The number of nitrogens with zero attached hydrogens (tertiary/aromatic N) is 2. The fourth-order valence-corrected chi connectivity index (χ4v) is 2.84. The molecule has 2 rings (SSSR count). The van der Waals surface area contributed by atoms with Crippen LogP contribution in [0.15, 0.2) is 0 Å². The molecule has 2 heterocycles. The smallest absolute Gasteiger partial charge is 0.0594 e. The maximum atomic E-state index is 5.47. The Labute approximate surface area is 168 Å². The number of hydrogen-bond acceptors (Lipinski definition) is 6. The quantitative estimate of drug-likeness (QED) is 0.535. The summed E-state index contributed by atoms with van der Waals surface area (Å²) >= 11 is 0. The monoisotopic (exact) mass is 390 g/mol. The van der Waals surface area contributed by atoms with Gasteiger partial charge in [-0.3, -0.25) is 9.80 Å². The van der Waals surface area contributed by atoms with Crippen LogP contribution in [0.25, 0.3) is 0 Å². The van der Waals surface area contributed by atoms with Gasteiger partial charge in [0.1, 0.15) is 0 Å². The third-order valence-corrected chi connectivity index (χ3v) is 4.35. The van der Waals surface area contributed by atoms with E-state index in [1.54, 1.807) is 7.11 Å². The van der Waals surface area contributed by atoms with Gasteiger partial charge in [-0.05, 0) is 39.7 Å². The maximum Gasteiger partial charge on any atom is 0.0594 e. The Bertz CT molecular complexity index is 281. The molecule has 164 valence electrons. The number of rotatable bonds is 10. The molecule has 0 atom stereocenters. The van der Waals surface area contributed by atoms with Gasteiger partial charge in [-0.1, -0.05) is 13.8 Å². The van der Waals surface area contributed by atoms with E-state index in [1.165, 1.54) is 19.4 Å². The summed E-state index contributed by atoms with van der Waals surface area (Å²) in [4.78, 5) is 4.90. The van der Waals surface area contributed by atoms with Gasteiger partial charge in [0.15, 0.2) is 0 Å². The molecule has 0 N–H and O–H groups in total. The molecular weight excluding hydrogens is 344 g/mol. The molecule has 0 unspecified atom stereocenters. The van der Waals surface area contributed by atoms with Gasteiger partial charge >= 0.3 is 0 Å². The van der Waals surface area contributed by atoms with E-state index in [-0.39, 0.29) is 0 Å². The highest BCUT2D eigenvalue weighted by Crippen LogP contribution is 2.00. The summed E-state index contributed by atoms with van der Waals surface area (Å²) in [6.07, 6.45) is 3.92. The first-order chi connectivity index (χ1) is 13.2. The lowest BCUT2D eigenvalue weighted by atomic mass is 10.3. The second kappa shape index (κ2) is 20.5. The second-order valence-electron chi connectivity index (χ2n) is 6.88. The third kappa shape index (κ3) is 17.6. The van der Waals surface area contributed by atoms with Crippen molar-refractivity contribution >= 4 is 0 Å². The molecule has 2 fully saturated rings. The average molecular weight is 391 g/mol. The van der Waals surface area contributed by atoms with Crippen molar-refractivity contribution in [3.8, 4) is 0 Å². The van der Waals surface area contributed by atoms with Gasteiger partial charge in [0.25, 0.3) is 0 Å². The molecule has 2 aliphatic heterocycles. The third-order valence-electron chi connectivity index (χ3n) is 4.35. The van der Waals surface area contributed by atoms with Crippen molar-refractivity contribution in [1.82, 2.24) is 9.80 Å². The summed E-state index contributed by atoms with van der Waals surface area (Å²) in [6.45, 7) is 20.3. The fourth-order valence-electron chi connectivity index (χ4n) is 2.84. The Balaban J connectivity index is 0.000000460. The van der Waals surface area contributed by atoms with Crippen LogP contribution in [0.1, 0.15) is 47.0 Å². The molecule has 0 spiro atoms. The van der Waals surface area contributed by atoms with E-state index < -0.39 is 0 Å². The zero-order valence-electron chi connectivity index (χ0n) is 18.7. The van der Waals surface area contributed by atoms with E-state index in [2.05, 4.69) is 23.6 Å². The van der Waals surface area contributed by atoms with E-state index >= 15 is 0 Å². The minimum atomic E-state index is 0.365. The van der Waals surface area contributed by atoms with Gasteiger partial charge in [0.05, 0.1) is 32.5 Å². The van der Waals surface area contributed by atoms with E-state index in [0.717, 1.165) is 78.8 Å². The SMILES string of the molecule is CC.CC(C)OCCCN1CCOCC1.COCCCCN1CCOCC1. The molecule has 0 bridgehead atoms. The van der Waals surface area contributed by atoms with Crippen LogP contribution in [0.3, 0.4) is 0 Å². The Kier molecular flexibility index (Phi) is 20.3. The lowest BCUT2D eigenvalue weighted by Crippen LogP contribution is -2.37. The highest BCUT2D eigenvalue weighted by atomic mass is 16.5. The van der Waals surface area contributed by atoms with Crippen LogP contribution in [0.4, 0.5) is 0 Å². The van der Waals surface area contributed by atoms with E-state index in [1.807, 2.05) is 13.8 Å². The summed E-state index contributed by atoms with van der Waals surface area (Å²) < 4.78 is 21.0. The van der Waals surface area contributed by atoms with Crippen LogP contribution < -0.4 is 0 Å². The molecule has 27 heavy (non-hydrogen) atoms. The van der Waals surface area contributed by atoms with Crippen molar-refractivity contribution in [2.45, 2.75) is 53.1 Å². The molecule has 0 aromatic carbocycles. The van der Waals surface area contributed by atoms with Crippen molar-refractivity contribution in [3.05, 3.63) is 0 Å². The number of ether oxygens (including phenoxy) is 4. The van der Waals surface area contributed by atoms with Crippen LogP contribution in [-0.4, -0.2) is 102 Å². The van der Waals surface area contributed by atoms with Crippen molar-refractivity contribution in [2.75, 3.05) is 86.0 Å². The summed E-state index contributed by atoms with van der Waals surface area (Å²) in [7, 11) is 1.76. The lowest BCUT2D eigenvalue weighted by Gasteiger charge is -2.26. The molecule has 0 aliphatic carbocycles. The van der Waals surface area contributed by atoms with Crippen LogP contribution in [0.5, 0.6) is 0 Å². The van der Waals surface area contributed by atoms with Crippen molar-refractivity contribution < 1.29 is 18.9 Å². The summed E-state index contributed by atoms with van der Waals surface area (Å²) in [6, 6.07) is 0. The van der Waals surface area contributed by atoms with E-state index in [4.69, 9.17) is 18.9 Å². The first-order valence-corrected chi connectivity index (χ1v) is 10.9. The molecule has 0 aromatic rings. The van der Waals surface area contributed by atoms with E-state index in [9.17, 15) is 0 Å². The number of unbranched alkanes of at least 4 members (excludes halogenated alkanes) is 1. The summed E-state index contributed by atoms with van der Waals surface area (Å²) in [5.74, 6) is 0. The van der Waals surface area contributed by atoms with Crippen molar-refractivity contribution in [1.29, 1.82) is 0 Å². The first kappa shape index (κ1) is 26.8. The fraction of sp³-hybridized carbons (Fsp3) is 1.00. The standard InChI is InChI=1S/C10H21NO2.C9H19NO2.C2H6/c1-10(2)13-7-3-4-11-5-8-12-9-6-11;1-11-7-3-2-4-10-5-8-12-9-6-10;1-2/h10H,3-9H2,1-2H3;2-9H2,1H3;1-2H3. The maximum absolute atomic E-state index is 5.47. The summed E-state index contributed by atoms with van der Waals surface area (Å²) in [5.41, 5.74) is 0. The van der Waals surface area contributed by atoms with Crippen LogP contribution >= 0.6 is 0 Å². The molecule has 0 amide bonds. The van der Waals surface area contributed by atoms with Crippen LogP contribution in [-0.2, 0) is 18.9 Å². The van der Waals surface area contributed by atoms with Gasteiger partial charge in [-0.15, -0.1) is 0 Å². The predicted molar refractivity (Wildman–Crippen MR) is 113 cm³/mol. The zero-order chi connectivity index (χ0) is 20.2. The average Bonchev–Trinajstić information content (AvgIpc) is 2.72. The zero-order valence-corrected chi connectivity index (χ0v) is 18.7. The second-order valence-corrected chi connectivity index (χ2v) is 6.88. The van der Waals surface area contributed by atoms with Crippen LogP contribution in [0, 0.1) is 0 Å². The van der Waals surface area contributed by atoms with Crippen molar-refractivity contribution in [3.63, 3.8) is 0 Å². The van der Waals surface area contributed by atoms with Gasteiger partial charge in [-0.2, -0.15) is 0 Å². The van der Waals surface area contributed by atoms with E-state index in [0.29, 0.717) is 6.10 Å². The highest BCUT2D eigenvalue weighted by molar-refractivity contribution is 4.62. The molecule has 0 radical (unpaired) electrons. The molecule has 0 saturated carbocycles. The minimum Gasteiger partial charge on any atom is -0.385 e. The number of morpholine rings is 2.